The van der Waals surface area contributed by atoms with E-state index in [4.69, 9.17) is 4.74 Å². The van der Waals surface area contributed by atoms with Crippen LogP contribution in [0.4, 0.5) is 4.79 Å². The minimum absolute atomic E-state index is 0.0409. The van der Waals surface area contributed by atoms with E-state index in [0.29, 0.717) is 12.2 Å². The Kier molecular flexibility index (Phi) is 12.2. The van der Waals surface area contributed by atoms with Crippen LogP contribution < -0.4 is 10.6 Å². The molecule has 2 atom stereocenters. The quantitative estimate of drug-likeness (QED) is 0.391. The van der Waals surface area contributed by atoms with Gasteiger partial charge in [0.2, 0.25) is 11.8 Å². The van der Waals surface area contributed by atoms with Crippen LogP contribution in [0.3, 0.4) is 0 Å². The van der Waals surface area contributed by atoms with Gasteiger partial charge in [-0.1, -0.05) is 43.0 Å². The minimum Gasteiger partial charge on any atom is -0.444 e. The summed E-state index contributed by atoms with van der Waals surface area (Å²) in [5, 5.41) is 15.9. The van der Waals surface area contributed by atoms with Gasteiger partial charge in [0.25, 0.3) is 0 Å². The van der Waals surface area contributed by atoms with Crippen molar-refractivity contribution < 1.29 is 24.2 Å². The number of hydrogen-bond acceptors (Lipinski definition) is 6. The number of carbonyl (C=O) groups is 3. The second-order valence-corrected chi connectivity index (χ2v) is 11.8. The average Bonchev–Trinajstić information content (AvgIpc) is 2.82. The maximum absolute atomic E-state index is 14.0. The van der Waals surface area contributed by atoms with Gasteiger partial charge in [-0.05, 0) is 77.0 Å². The Hall–Kier alpha value is -2.26. The molecule has 0 spiro atoms. The van der Waals surface area contributed by atoms with Crippen LogP contribution in [0.15, 0.2) is 18.2 Å². The highest BCUT2D eigenvalue weighted by molar-refractivity contribution is 7.98. The van der Waals surface area contributed by atoms with Gasteiger partial charge in [-0.15, -0.1) is 0 Å². The van der Waals surface area contributed by atoms with Crippen LogP contribution in [0.25, 0.3) is 0 Å². The van der Waals surface area contributed by atoms with Crippen LogP contribution >= 0.6 is 11.8 Å². The molecule has 1 aromatic rings. The molecule has 0 aliphatic heterocycles. The molecule has 208 valence electrons. The van der Waals surface area contributed by atoms with Crippen molar-refractivity contribution >= 4 is 29.7 Å². The highest BCUT2D eigenvalue weighted by Crippen LogP contribution is 2.28. The van der Waals surface area contributed by atoms with E-state index in [1.165, 1.54) is 4.90 Å². The van der Waals surface area contributed by atoms with Crippen LogP contribution in [0.5, 0.6) is 0 Å². The number of amides is 3. The lowest BCUT2D eigenvalue weighted by Gasteiger charge is -2.36. The van der Waals surface area contributed by atoms with E-state index in [0.717, 1.165) is 48.8 Å². The van der Waals surface area contributed by atoms with E-state index in [1.54, 1.807) is 32.5 Å². The summed E-state index contributed by atoms with van der Waals surface area (Å²) in [5.74, 6) is -0.0522. The molecule has 1 saturated carbocycles. The number of alkyl carbamates (subject to hydrolysis) is 1. The zero-order valence-corrected chi connectivity index (χ0v) is 24.1. The molecule has 9 heteroatoms. The fourth-order valence-corrected chi connectivity index (χ4v) is 5.12. The molecule has 1 aromatic carbocycles. The zero-order valence-electron chi connectivity index (χ0n) is 23.3. The van der Waals surface area contributed by atoms with Crippen molar-refractivity contribution in [1.29, 1.82) is 0 Å². The summed E-state index contributed by atoms with van der Waals surface area (Å²) in [7, 11) is 0. The summed E-state index contributed by atoms with van der Waals surface area (Å²) in [4.78, 5) is 41.9. The number of hydrogen-bond donors (Lipinski definition) is 3. The highest BCUT2D eigenvalue weighted by Gasteiger charge is 2.37. The molecule has 3 amide bonds. The maximum Gasteiger partial charge on any atom is 0.408 e. The van der Waals surface area contributed by atoms with Crippen molar-refractivity contribution in [3.8, 4) is 0 Å². The van der Waals surface area contributed by atoms with Crippen LogP contribution in [0, 0.1) is 13.8 Å². The van der Waals surface area contributed by atoms with Gasteiger partial charge in [-0.2, -0.15) is 11.8 Å². The SMILES string of the molecule is CSCCC(NC(=O)OC(C)(C)C)C(=O)N(CCO)C(C(=O)NC1CCCCC1)c1cc(C)ccc1C. The molecule has 2 unspecified atom stereocenters. The van der Waals surface area contributed by atoms with Gasteiger partial charge in [-0.25, -0.2) is 4.79 Å². The molecule has 1 aliphatic carbocycles. The van der Waals surface area contributed by atoms with Crippen LogP contribution in [-0.2, 0) is 14.3 Å². The number of rotatable bonds is 11. The van der Waals surface area contributed by atoms with Gasteiger partial charge < -0.3 is 25.4 Å². The third-order valence-electron chi connectivity index (χ3n) is 6.46. The van der Waals surface area contributed by atoms with Crippen molar-refractivity contribution in [2.75, 3.05) is 25.2 Å². The Morgan fingerprint density at radius 2 is 1.84 bits per heavy atom. The van der Waals surface area contributed by atoms with Gasteiger partial charge in [0, 0.05) is 12.6 Å². The molecule has 0 bridgehead atoms. The summed E-state index contributed by atoms with van der Waals surface area (Å²) >= 11 is 1.56. The zero-order chi connectivity index (χ0) is 27.6. The minimum atomic E-state index is -0.932. The van der Waals surface area contributed by atoms with Crippen molar-refractivity contribution in [2.24, 2.45) is 0 Å². The van der Waals surface area contributed by atoms with Gasteiger partial charge in [0.15, 0.2) is 0 Å². The monoisotopic (exact) mass is 535 g/mol. The number of aryl methyl sites for hydroxylation is 2. The smallest absolute Gasteiger partial charge is 0.408 e. The summed E-state index contributed by atoms with van der Waals surface area (Å²) in [5.41, 5.74) is 1.85. The van der Waals surface area contributed by atoms with Gasteiger partial charge >= 0.3 is 6.09 Å². The topological polar surface area (TPSA) is 108 Å². The number of ether oxygens (including phenoxy) is 1. The summed E-state index contributed by atoms with van der Waals surface area (Å²) in [6.45, 7) is 8.79. The Labute approximate surface area is 226 Å². The number of nitrogens with zero attached hydrogens (tertiary/aromatic N) is 1. The summed E-state index contributed by atoms with van der Waals surface area (Å²) < 4.78 is 5.41. The first-order chi connectivity index (χ1) is 17.5. The molecular formula is C28H45N3O5S. The van der Waals surface area contributed by atoms with Crippen molar-refractivity contribution in [1.82, 2.24) is 15.5 Å². The fraction of sp³-hybridized carbons (Fsp3) is 0.679. The van der Waals surface area contributed by atoms with Crippen molar-refractivity contribution in [3.05, 3.63) is 34.9 Å². The highest BCUT2D eigenvalue weighted by atomic mass is 32.2. The number of aliphatic hydroxyl groups is 1. The van der Waals surface area contributed by atoms with Gasteiger partial charge in [0.1, 0.15) is 17.7 Å². The van der Waals surface area contributed by atoms with E-state index in [1.807, 2.05) is 38.3 Å². The first-order valence-electron chi connectivity index (χ1n) is 13.2. The lowest BCUT2D eigenvalue weighted by molar-refractivity contribution is -0.143. The Morgan fingerprint density at radius 3 is 2.43 bits per heavy atom. The summed E-state index contributed by atoms with van der Waals surface area (Å²) in [6, 6.07) is 4.07. The van der Waals surface area contributed by atoms with E-state index >= 15 is 0 Å². The largest absolute Gasteiger partial charge is 0.444 e. The van der Waals surface area contributed by atoms with Crippen molar-refractivity contribution in [3.63, 3.8) is 0 Å². The third-order valence-corrected chi connectivity index (χ3v) is 7.11. The van der Waals surface area contributed by atoms with E-state index in [-0.39, 0.29) is 25.1 Å². The second-order valence-electron chi connectivity index (χ2n) is 10.8. The molecule has 3 N–H and O–H groups in total. The fourth-order valence-electron chi connectivity index (χ4n) is 4.65. The predicted molar refractivity (Wildman–Crippen MR) is 149 cm³/mol. The first kappa shape index (κ1) is 31.0. The van der Waals surface area contributed by atoms with E-state index in [2.05, 4.69) is 10.6 Å². The Bertz CT molecular complexity index is 912. The Balaban J connectivity index is 2.45. The normalized spacial score (nSPS) is 16.0. The first-order valence-corrected chi connectivity index (χ1v) is 14.6. The molecule has 0 saturated heterocycles. The van der Waals surface area contributed by atoms with Gasteiger partial charge in [-0.3, -0.25) is 9.59 Å². The molecule has 8 nitrogen and oxygen atoms in total. The number of aliphatic hydroxyl groups excluding tert-OH is 1. The molecule has 2 rings (SSSR count). The lowest BCUT2D eigenvalue weighted by Crippen LogP contribution is -2.54. The second kappa shape index (κ2) is 14.6. The molecule has 0 radical (unpaired) electrons. The van der Waals surface area contributed by atoms with Crippen LogP contribution in [-0.4, -0.2) is 70.8 Å². The molecular weight excluding hydrogens is 490 g/mol. The predicted octanol–water partition coefficient (Wildman–Crippen LogP) is 4.26. The van der Waals surface area contributed by atoms with Crippen LogP contribution in [0.1, 0.15) is 82.0 Å². The standard InChI is InChI=1S/C28H45N3O5S/c1-19-12-13-20(2)22(18-19)24(25(33)29-21-10-8-7-9-11-21)31(15-16-32)26(34)23(14-17-37-6)30-27(35)36-28(3,4)5/h12-13,18,21,23-24,32H,7-11,14-17H2,1-6H3,(H,29,33)(H,30,35). The van der Waals surface area contributed by atoms with Crippen LogP contribution in [0.2, 0.25) is 0 Å². The molecule has 0 heterocycles. The Morgan fingerprint density at radius 1 is 1.16 bits per heavy atom. The van der Waals surface area contributed by atoms with Gasteiger partial charge in [0.05, 0.1) is 6.61 Å². The molecule has 1 fully saturated rings. The third kappa shape index (κ3) is 9.85. The van der Waals surface area contributed by atoms with E-state index in [9.17, 15) is 19.5 Å². The number of benzene rings is 1. The number of nitrogens with one attached hydrogen (secondary N) is 2. The number of thioether (sulfide) groups is 1. The average molecular weight is 536 g/mol. The lowest BCUT2D eigenvalue weighted by atomic mass is 9.93. The maximum atomic E-state index is 14.0. The van der Waals surface area contributed by atoms with Crippen molar-refractivity contribution in [2.45, 2.75) is 96.9 Å². The number of carbonyl (C=O) groups excluding carboxylic acids is 3. The molecule has 1 aliphatic rings. The summed E-state index contributed by atoms with van der Waals surface area (Å²) in [6.07, 6.45) is 6.72. The molecule has 37 heavy (non-hydrogen) atoms. The molecule has 0 aromatic heterocycles. The van der Waals surface area contributed by atoms with E-state index < -0.39 is 29.7 Å².